The molecule has 7 rings (SSSR count). The van der Waals surface area contributed by atoms with Crippen LogP contribution in [0.1, 0.15) is 49.3 Å². The van der Waals surface area contributed by atoms with Crippen LogP contribution in [0.5, 0.6) is 5.75 Å². The lowest BCUT2D eigenvalue weighted by molar-refractivity contribution is -0.0243. The fraction of sp³-hybridized carbons (Fsp3) is 0.552. The van der Waals surface area contributed by atoms with Gasteiger partial charge in [-0.05, 0) is 97.3 Å². The fourth-order valence-electron chi connectivity index (χ4n) is 6.95. The lowest BCUT2D eigenvalue weighted by Crippen LogP contribution is -2.60. The van der Waals surface area contributed by atoms with Gasteiger partial charge in [-0.25, -0.2) is 4.79 Å². The molecule has 6 nitrogen and oxygen atoms in total. The van der Waals surface area contributed by atoms with Crippen molar-refractivity contribution in [2.24, 2.45) is 11.3 Å². The monoisotopic (exact) mass is 476 g/mol. The summed E-state index contributed by atoms with van der Waals surface area (Å²) in [6, 6.07) is 15.0. The number of carboxylic acid groups (broad SMARTS) is 1. The van der Waals surface area contributed by atoms with Gasteiger partial charge in [0, 0.05) is 13.7 Å². The van der Waals surface area contributed by atoms with Gasteiger partial charge in [0.1, 0.15) is 12.4 Å². The Morgan fingerprint density at radius 1 is 1.09 bits per heavy atom. The van der Waals surface area contributed by atoms with Crippen LogP contribution in [0.2, 0.25) is 0 Å². The number of piperidine rings is 3. The topological polar surface area (TPSA) is 62.2 Å². The molecule has 186 valence electrons. The molecule has 5 aliphatic rings. The molecule has 0 radical (unpaired) electrons. The lowest BCUT2D eigenvalue weighted by Gasteiger charge is -2.52. The van der Waals surface area contributed by atoms with Crippen molar-refractivity contribution in [3.63, 3.8) is 0 Å². The van der Waals surface area contributed by atoms with Crippen LogP contribution < -0.4 is 4.74 Å². The van der Waals surface area contributed by atoms with E-state index in [-0.39, 0.29) is 17.5 Å². The van der Waals surface area contributed by atoms with Gasteiger partial charge in [-0.2, -0.15) is 0 Å². The largest absolute Gasteiger partial charge is 0.491 e. The summed E-state index contributed by atoms with van der Waals surface area (Å²) in [7, 11) is 1.67. The van der Waals surface area contributed by atoms with E-state index in [4.69, 9.17) is 9.47 Å². The molecule has 2 aromatic rings. The minimum atomic E-state index is -0.738. The minimum Gasteiger partial charge on any atom is -0.491 e. The third-order valence-corrected chi connectivity index (χ3v) is 9.00. The summed E-state index contributed by atoms with van der Waals surface area (Å²) < 4.78 is 10.9. The molecule has 2 aliphatic carbocycles. The molecule has 1 unspecified atom stereocenters. The van der Waals surface area contributed by atoms with Crippen LogP contribution in [0.3, 0.4) is 0 Å². The Kier molecular flexibility index (Phi) is 5.97. The zero-order valence-corrected chi connectivity index (χ0v) is 20.6. The molecular formula is C29H36N2O4. The molecule has 35 heavy (non-hydrogen) atoms. The van der Waals surface area contributed by atoms with Crippen molar-refractivity contribution in [1.82, 2.24) is 9.80 Å². The Balaban J connectivity index is 1.32. The molecule has 2 atom stereocenters. The van der Waals surface area contributed by atoms with Crippen molar-refractivity contribution < 1.29 is 19.4 Å². The first kappa shape index (κ1) is 22.9. The maximum Gasteiger partial charge on any atom is 0.408 e. The van der Waals surface area contributed by atoms with Crippen LogP contribution in [0, 0.1) is 11.3 Å². The summed E-state index contributed by atoms with van der Waals surface area (Å²) in [5.41, 5.74) is 4.97. The summed E-state index contributed by atoms with van der Waals surface area (Å²) >= 11 is 0. The summed E-state index contributed by atoms with van der Waals surface area (Å²) in [4.78, 5) is 17.2. The zero-order valence-electron chi connectivity index (χ0n) is 20.6. The zero-order chi connectivity index (χ0) is 24.0. The molecule has 2 bridgehead atoms. The number of nitrogens with zero attached hydrogens (tertiary/aromatic N) is 2. The predicted molar refractivity (Wildman–Crippen MR) is 135 cm³/mol. The van der Waals surface area contributed by atoms with Crippen molar-refractivity contribution in [3.05, 3.63) is 53.6 Å². The van der Waals surface area contributed by atoms with E-state index in [1.54, 1.807) is 7.11 Å². The number of methoxy groups -OCH3 is 1. The third-order valence-electron chi connectivity index (χ3n) is 9.00. The standard InChI is InChI=1S/C29H36N2O4/c1-34-15-16-35-24-4-2-3-21(18-24)22-5-6-25-23(17-22)7-10-29(11-12-29)27(25)31(28(32)33)26-19-30-13-8-20(26)9-14-30/h2-6,17-18,20,26-27H,7-16,19H2,1H3,(H,32,33)/t26?,27-/m1/s1. The van der Waals surface area contributed by atoms with E-state index in [0.29, 0.717) is 19.1 Å². The highest BCUT2D eigenvalue weighted by Crippen LogP contribution is 2.63. The number of carbonyl (C=O) groups is 1. The lowest BCUT2D eigenvalue weighted by atomic mass is 9.73. The summed E-state index contributed by atoms with van der Waals surface area (Å²) in [6.07, 6.45) is 5.91. The maximum atomic E-state index is 12.8. The van der Waals surface area contributed by atoms with Gasteiger partial charge in [-0.3, -0.25) is 4.90 Å². The van der Waals surface area contributed by atoms with Crippen LogP contribution in [0.4, 0.5) is 4.79 Å². The number of hydrogen-bond acceptors (Lipinski definition) is 4. The SMILES string of the molecule is COCCOc1cccc(-c2ccc3c(c2)CCC2(CC2)[C@@H]3N(C(=O)O)C2CN3CCC2CC3)c1. The average molecular weight is 477 g/mol. The minimum absolute atomic E-state index is 0.0212. The molecule has 1 saturated carbocycles. The van der Waals surface area contributed by atoms with Crippen LogP contribution >= 0.6 is 0 Å². The van der Waals surface area contributed by atoms with Gasteiger partial charge in [0.05, 0.1) is 18.7 Å². The smallest absolute Gasteiger partial charge is 0.408 e. The number of aryl methyl sites for hydroxylation is 1. The normalized spacial score (nSPS) is 27.9. The summed E-state index contributed by atoms with van der Waals surface area (Å²) in [5.74, 6) is 1.34. The van der Waals surface area contributed by atoms with E-state index in [0.717, 1.165) is 75.0 Å². The van der Waals surface area contributed by atoms with Gasteiger partial charge in [0.25, 0.3) is 0 Å². The first-order chi connectivity index (χ1) is 17.1. The number of amides is 1. The summed E-state index contributed by atoms with van der Waals surface area (Å²) in [5, 5.41) is 10.5. The molecule has 3 heterocycles. The second-order valence-corrected chi connectivity index (χ2v) is 10.9. The maximum absolute atomic E-state index is 12.8. The number of hydrogen-bond donors (Lipinski definition) is 1. The van der Waals surface area contributed by atoms with Gasteiger partial charge in [0.15, 0.2) is 0 Å². The van der Waals surface area contributed by atoms with Gasteiger partial charge in [-0.1, -0.05) is 30.3 Å². The Bertz CT molecular complexity index is 1090. The van der Waals surface area contributed by atoms with Crippen molar-refractivity contribution in [3.8, 4) is 16.9 Å². The van der Waals surface area contributed by atoms with Crippen LogP contribution in [0.25, 0.3) is 11.1 Å². The van der Waals surface area contributed by atoms with Crippen LogP contribution in [-0.4, -0.2) is 67.0 Å². The van der Waals surface area contributed by atoms with Crippen molar-refractivity contribution >= 4 is 6.09 Å². The fourth-order valence-corrected chi connectivity index (χ4v) is 6.95. The number of benzene rings is 2. The van der Waals surface area contributed by atoms with E-state index < -0.39 is 6.09 Å². The number of fused-ring (bicyclic) bond motifs is 4. The van der Waals surface area contributed by atoms with Crippen LogP contribution in [0.15, 0.2) is 42.5 Å². The quantitative estimate of drug-likeness (QED) is 0.555. The van der Waals surface area contributed by atoms with Gasteiger partial charge in [0.2, 0.25) is 0 Å². The summed E-state index contributed by atoms with van der Waals surface area (Å²) in [6.45, 7) is 4.23. The van der Waals surface area contributed by atoms with Crippen molar-refractivity contribution in [2.75, 3.05) is 40.0 Å². The van der Waals surface area contributed by atoms with Crippen LogP contribution in [-0.2, 0) is 11.2 Å². The van der Waals surface area contributed by atoms with E-state index in [9.17, 15) is 9.90 Å². The van der Waals surface area contributed by atoms with E-state index in [1.165, 1.54) is 11.1 Å². The molecule has 0 aromatic heterocycles. The molecule has 3 saturated heterocycles. The molecule has 1 spiro atoms. The van der Waals surface area contributed by atoms with Crippen molar-refractivity contribution in [1.29, 1.82) is 0 Å². The molecule has 1 N–H and O–H groups in total. The Morgan fingerprint density at radius 3 is 2.57 bits per heavy atom. The average Bonchev–Trinajstić information content (AvgIpc) is 3.66. The molecular weight excluding hydrogens is 440 g/mol. The van der Waals surface area contributed by atoms with Gasteiger partial charge < -0.3 is 19.5 Å². The second-order valence-electron chi connectivity index (χ2n) is 10.9. The Labute approximate surface area is 207 Å². The second kappa shape index (κ2) is 9.14. The molecule has 2 aromatic carbocycles. The predicted octanol–water partition coefficient (Wildman–Crippen LogP) is 5.22. The highest BCUT2D eigenvalue weighted by Gasteiger charge is 2.57. The van der Waals surface area contributed by atoms with Gasteiger partial charge in [-0.15, -0.1) is 0 Å². The van der Waals surface area contributed by atoms with E-state index in [2.05, 4.69) is 35.2 Å². The number of rotatable bonds is 7. The Morgan fingerprint density at radius 2 is 1.89 bits per heavy atom. The van der Waals surface area contributed by atoms with E-state index >= 15 is 0 Å². The number of ether oxygens (including phenoxy) is 2. The third kappa shape index (κ3) is 4.21. The first-order valence-corrected chi connectivity index (χ1v) is 13.2. The van der Waals surface area contributed by atoms with E-state index in [1.807, 2.05) is 17.0 Å². The Hall–Kier alpha value is -2.57. The van der Waals surface area contributed by atoms with Gasteiger partial charge >= 0.3 is 6.09 Å². The molecule has 4 fully saturated rings. The van der Waals surface area contributed by atoms with Crippen molar-refractivity contribution in [2.45, 2.75) is 50.6 Å². The molecule has 3 aliphatic heterocycles. The molecule has 6 heteroatoms. The molecule has 1 amide bonds. The highest BCUT2D eigenvalue weighted by atomic mass is 16.5. The first-order valence-electron chi connectivity index (χ1n) is 13.2. The highest BCUT2D eigenvalue weighted by molar-refractivity contribution is 5.69.